The summed E-state index contributed by atoms with van der Waals surface area (Å²) in [5.74, 6) is -0.140. The molecule has 0 spiro atoms. The predicted octanol–water partition coefficient (Wildman–Crippen LogP) is 5.71. The van der Waals surface area contributed by atoms with Crippen molar-refractivity contribution in [3.63, 3.8) is 0 Å². The molecule has 2 aliphatic carbocycles. The van der Waals surface area contributed by atoms with Gasteiger partial charge in [-0.05, 0) is 75.6 Å². The minimum Gasteiger partial charge on any atom is -0.304 e. The van der Waals surface area contributed by atoms with Gasteiger partial charge in [0.15, 0.2) is 0 Å². The lowest BCUT2D eigenvalue weighted by Crippen LogP contribution is -2.29. The summed E-state index contributed by atoms with van der Waals surface area (Å²) in [5.41, 5.74) is 3.54. The standard InChI is InChI=1S/C17H23ClFP/c18-13-20(15-5-1-2-6-15,16-7-3-4-8-16)17-11-9-14(19)10-12-17/h9-13,15-16H,1-8H2. The molecule has 2 saturated carbocycles. The van der Waals surface area contributed by atoms with Crippen molar-refractivity contribution < 1.29 is 4.39 Å². The van der Waals surface area contributed by atoms with Crippen LogP contribution in [0.1, 0.15) is 51.4 Å². The van der Waals surface area contributed by atoms with Crippen molar-refractivity contribution in [1.29, 1.82) is 0 Å². The van der Waals surface area contributed by atoms with Crippen molar-refractivity contribution in [3.8, 4) is 0 Å². The fourth-order valence-corrected chi connectivity index (χ4v) is 10.6. The third kappa shape index (κ3) is 2.53. The lowest BCUT2D eigenvalue weighted by atomic mass is 10.3. The van der Waals surface area contributed by atoms with E-state index in [1.807, 2.05) is 17.8 Å². The zero-order valence-corrected chi connectivity index (χ0v) is 13.6. The maximum absolute atomic E-state index is 13.3. The molecule has 0 bridgehead atoms. The molecule has 0 aromatic heterocycles. The molecule has 0 saturated heterocycles. The smallest absolute Gasteiger partial charge is 0.123 e. The van der Waals surface area contributed by atoms with E-state index < -0.39 is 7.26 Å². The van der Waals surface area contributed by atoms with Gasteiger partial charge in [0.2, 0.25) is 0 Å². The maximum Gasteiger partial charge on any atom is 0.123 e. The van der Waals surface area contributed by atoms with Crippen LogP contribution in [0, 0.1) is 11.4 Å². The SMILES string of the molecule is Fc1ccc([P+]([CH-]Cl)(C2CCCC2)C2CCCC2)cc1. The first-order valence-electron chi connectivity index (χ1n) is 7.86. The van der Waals surface area contributed by atoms with Gasteiger partial charge in [-0.2, -0.15) is 0 Å². The first-order valence-corrected chi connectivity index (χ1v) is 10.3. The molecule has 3 rings (SSSR count). The quantitative estimate of drug-likeness (QED) is 0.493. The van der Waals surface area contributed by atoms with Gasteiger partial charge in [-0.3, -0.25) is 0 Å². The highest BCUT2D eigenvalue weighted by molar-refractivity contribution is 7.87. The molecule has 1 aromatic rings. The van der Waals surface area contributed by atoms with Gasteiger partial charge in [-0.1, -0.05) is 12.9 Å². The van der Waals surface area contributed by atoms with Gasteiger partial charge in [0, 0.05) is 11.3 Å². The summed E-state index contributed by atoms with van der Waals surface area (Å²) in [7, 11) is -1.47. The summed E-state index contributed by atoms with van der Waals surface area (Å²) < 4.78 is 13.3. The zero-order chi connectivity index (χ0) is 14.0. The van der Waals surface area contributed by atoms with Crippen molar-refractivity contribution >= 4 is 24.2 Å². The molecule has 0 unspecified atom stereocenters. The Morgan fingerprint density at radius 2 is 1.35 bits per heavy atom. The van der Waals surface area contributed by atoms with Crippen molar-refractivity contribution in [2.24, 2.45) is 0 Å². The van der Waals surface area contributed by atoms with E-state index in [9.17, 15) is 4.39 Å². The van der Waals surface area contributed by atoms with Gasteiger partial charge < -0.3 is 11.6 Å². The number of benzene rings is 1. The summed E-state index contributed by atoms with van der Waals surface area (Å²) in [4.78, 5) is 0. The molecule has 0 nitrogen and oxygen atoms in total. The maximum atomic E-state index is 13.3. The van der Waals surface area contributed by atoms with E-state index in [2.05, 4.69) is 0 Å². The van der Waals surface area contributed by atoms with Crippen molar-refractivity contribution in [1.82, 2.24) is 0 Å². The highest BCUT2D eigenvalue weighted by atomic mass is 35.5. The van der Waals surface area contributed by atoms with Crippen LogP contribution in [0.4, 0.5) is 4.39 Å². The molecular weight excluding hydrogens is 290 g/mol. The molecule has 2 aliphatic rings. The fourth-order valence-electron chi connectivity index (χ4n) is 4.30. The summed E-state index contributed by atoms with van der Waals surface area (Å²) in [6.45, 7) is 0. The molecule has 3 heteroatoms. The van der Waals surface area contributed by atoms with Crippen LogP contribution in [0.5, 0.6) is 0 Å². The van der Waals surface area contributed by atoms with E-state index in [0.29, 0.717) is 0 Å². The Bertz CT molecular complexity index is 417. The van der Waals surface area contributed by atoms with E-state index in [1.165, 1.54) is 56.7 Å². The molecule has 20 heavy (non-hydrogen) atoms. The van der Waals surface area contributed by atoms with Gasteiger partial charge in [-0.25, -0.2) is 4.39 Å². The van der Waals surface area contributed by atoms with E-state index in [0.717, 1.165) is 11.3 Å². The summed E-state index contributed by atoms with van der Waals surface area (Å²) >= 11 is 6.49. The molecule has 0 heterocycles. The third-order valence-electron chi connectivity index (χ3n) is 5.29. The second-order valence-corrected chi connectivity index (χ2v) is 10.7. The molecule has 0 radical (unpaired) electrons. The van der Waals surface area contributed by atoms with Crippen LogP contribution >= 0.6 is 18.9 Å². The molecule has 0 N–H and O–H groups in total. The Labute approximate surface area is 127 Å². The lowest BCUT2D eigenvalue weighted by molar-refractivity contribution is 0.628. The van der Waals surface area contributed by atoms with Gasteiger partial charge in [0.1, 0.15) is 5.82 Å². The third-order valence-corrected chi connectivity index (χ3v) is 11.2. The first-order chi connectivity index (χ1) is 9.77. The van der Waals surface area contributed by atoms with Crippen LogP contribution in [0.2, 0.25) is 0 Å². The van der Waals surface area contributed by atoms with Crippen LogP contribution < -0.4 is 5.30 Å². The topological polar surface area (TPSA) is 0 Å². The molecule has 1 aromatic carbocycles. The summed E-state index contributed by atoms with van der Waals surface area (Å²) in [6, 6.07) is 7.26. The average Bonchev–Trinajstić information content (AvgIpc) is 3.15. The second-order valence-electron chi connectivity index (χ2n) is 6.29. The Kier molecular flexibility index (Phi) is 4.68. The van der Waals surface area contributed by atoms with Crippen molar-refractivity contribution in [3.05, 3.63) is 35.7 Å². The molecule has 2 fully saturated rings. The van der Waals surface area contributed by atoms with Crippen LogP contribution in [0.25, 0.3) is 0 Å². The fraction of sp³-hybridized carbons (Fsp3) is 0.588. The number of hydrogen-bond acceptors (Lipinski definition) is 0. The van der Waals surface area contributed by atoms with E-state index in [1.54, 1.807) is 12.1 Å². The molecule has 110 valence electrons. The Balaban J connectivity index is 2.02. The summed E-state index contributed by atoms with van der Waals surface area (Å²) in [6.07, 6.45) is 10.6. The van der Waals surface area contributed by atoms with Crippen LogP contribution in [0.15, 0.2) is 24.3 Å². The van der Waals surface area contributed by atoms with Crippen molar-refractivity contribution in [2.75, 3.05) is 0 Å². The van der Waals surface area contributed by atoms with Crippen LogP contribution in [0.3, 0.4) is 0 Å². The predicted molar refractivity (Wildman–Crippen MR) is 87.6 cm³/mol. The Morgan fingerprint density at radius 3 is 1.75 bits per heavy atom. The summed E-state index contributed by atoms with van der Waals surface area (Å²) in [5, 5.41) is 1.34. The normalized spacial score (nSPS) is 21.7. The van der Waals surface area contributed by atoms with E-state index in [-0.39, 0.29) is 5.82 Å². The van der Waals surface area contributed by atoms with E-state index in [4.69, 9.17) is 11.6 Å². The number of rotatable bonds is 4. The molecule has 0 amide bonds. The highest BCUT2D eigenvalue weighted by Gasteiger charge is 2.48. The Hall–Kier alpha value is -0.130. The van der Waals surface area contributed by atoms with E-state index >= 15 is 0 Å². The van der Waals surface area contributed by atoms with Gasteiger partial charge >= 0.3 is 0 Å². The van der Waals surface area contributed by atoms with Gasteiger partial charge in [-0.15, -0.1) is 0 Å². The zero-order valence-electron chi connectivity index (χ0n) is 11.9. The van der Waals surface area contributed by atoms with Gasteiger partial charge in [0.25, 0.3) is 0 Å². The van der Waals surface area contributed by atoms with Crippen LogP contribution in [-0.4, -0.2) is 11.3 Å². The number of hydrogen-bond donors (Lipinski definition) is 0. The highest BCUT2D eigenvalue weighted by Crippen LogP contribution is 2.74. The monoisotopic (exact) mass is 312 g/mol. The minimum atomic E-state index is -1.47. The average molecular weight is 313 g/mol. The first kappa shape index (κ1) is 14.8. The molecular formula is C17H23ClFP. The minimum absolute atomic E-state index is 0.140. The lowest BCUT2D eigenvalue weighted by Gasteiger charge is -2.43. The van der Waals surface area contributed by atoms with Crippen molar-refractivity contribution in [2.45, 2.75) is 62.7 Å². The second kappa shape index (κ2) is 6.32. The Morgan fingerprint density at radius 1 is 0.900 bits per heavy atom. The number of halogens is 2. The van der Waals surface area contributed by atoms with Crippen LogP contribution in [-0.2, 0) is 0 Å². The largest absolute Gasteiger partial charge is 0.304 e. The molecule has 0 atom stereocenters. The van der Waals surface area contributed by atoms with Gasteiger partial charge in [0.05, 0.1) is 5.30 Å². The molecule has 0 aliphatic heterocycles.